The van der Waals surface area contributed by atoms with Gasteiger partial charge in [0.15, 0.2) is 11.3 Å². The zero-order chi connectivity index (χ0) is 26.4. The Balaban J connectivity index is 1.68. The van der Waals surface area contributed by atoms with Crippen molar-refractivity contribution in [2.24, 2.45) is 0 Å². The number of alkyl halides is 3. The highest BCUT2D eigenvalue weighted by atomic mass is 35.5. The molecular formula is C23H20ClF3N6O3. The molecule has 0 aliphatic rings. The molecule has 0 atom stereocenters. The molecule has 0 fully saturated rings. The smallest absolute Gasteiger partial charge is 0.433 e. The van der Waals surface area contributed by atoms with E-state index in [2.05, 4.69) is 20.5 Å². The van der Waals surface area contributed by atoms with Gasteiger partial charge in [-0.3, -0.25) is 9.48 Å². The standard InChI is InChI=1S/C23H20ClF3N6O3/c1-11-9-16(23(25,26)27)33-20(28-11)17(24)19(31-33)21(34)29-18-12(2)30-32(13(18)3)10-14-7-5-6-8-15(14)22(35)36-4/h5-9H,10H2,1-4H3,(H,29,34). The van der Waals surface area contributed by atoms with Crippen LogP contribution in [0.1, 0.15) is 49.2 Å². The molecule has 1 aromatic carbocycles. The van der Waals surface area contributed by atoms with Crippen LogP contribution in [-0.2, 0) is 17.5 Å². The lowest BCUT2D eigenvalue weighted by Gasteiger charge is -2.10. The third kappa shape index (κ3) is 4.51. The molecule has 3 aromatic heterocycles. The first kappa shape index (κ1) is 25.2. The van der Waals surface area contributed by atoms with Crippen molar-refractivity contribution in [3.63, 3.8) is 0 Å². The molecule has 0 unspecified atom stereocenters. The summed E-state index contributed by atoms with van der Waals surface area (Å²) in [6, 6.07) is 7.69. The lowest BCUT2D eigenvalue weighted by atomic mass is 10.1. The Morgan fingerprint density at radius 2 is 1.83 bits per heavy atom. The number of methoxy groups -OCH3 is 1. The highest BCUT2D eigenvalue weighted by Crippen LogP contribution is 2.32. The molecule has 0 spiro atoms. The monoisotopic (exact) mass is 520 g/mol. The molecule has 0 radical (unpaired) electrons. The maximum absolute atomic E-state index is 13.5. The molecule has 0 aliphatic carbocycles. The number of anilines is 1. The fraction of sp³-hybridized carbons (Fsp3) is 0.261. The fourth-order valence-corrected chi connectivity index (χ4v) is 4.04. The van der Waals surface area contributed by atoms with Crippen LogP contribution in [0.15, 0.2) is 30.3 Å². The number of fused-ring (bicyclic) bond motifs is 1. The number of benzene rings is 1. The summed E-state index contributed by atoms with van der Waals surface area (Å²) in [5.74, 6) is -1.32. The molecule has 4 rings (SSSR count). The molecule has 0 saturated carbocycles. The maximum Gasteiger partial charge on any atom is 0.433 e. The summed E-state index contributed by atoms with van der Waals surface area (Å²) in [5.41, 5.74) is 0.630. The van der Waals surface area contributed by atoms with Gasteiger partial charge in [0.25, 0.3) is 5.91 Å². The van der Waals surface area contributed by atoms with E-state index in [-0.39, 0.29) is 22.9 Å². The highest BCUT2D eigenvalue weighted by Gasteiger charge is 2.36. The van der Waals surface area contributed by atoms with Crippen LogP contribution >= 0.6 is 11.6 Å². The molecule has 36 heavy (non-hydrogen) atoms. The second-order valence-corrected chi connectivity index (χ2v) is 8.36. The maximum atomic E-state index is 13.5. The highest BCUT2D eigenvalue weighted by molar-refractivity contribution is 6.37. The number of ether oxygens (including phenoxy) is 1. The molecule has 0 saturated heterocycles. The summed E-state index contributed by atoms with van der Waals surface area (Å²) < 4.78 is 47.4. The lowest BCUT2D eigenvalue weighted by molar-refractivity contribution is -0.142. The van der Waals surface area contributed by atoms with E-state index in [1.54, 1.807) is 42.8 Å². The molecule has 9 nitrogen and oxygen atoms in total. The van der Waals surface area contributed by atoms with E-state index in [1.807, 2.05) is 0 Å². The van der Waals surface area contributed by atoms with Crippen molar-refractivity contribution in [1.82, 2.24) is 24.4 Å². The van der Waals surface area contributed by atoms with Gasteiger partial charge in [-0.05, 0) is 38.5 Å². The Bertz CT molecular complexity index is 1510. The van der Waals surface area contributed by atoms with Crippen molar-refractivity contribution in [2.75, 3.05) is 12.4 Å². The number of nitrogens with zero attached hydrogens (tertiary/aromatic N) is 5. The summed E-state index contributed by atoms with van der Waals surface area (Å²) >= 11 is 6.23. The third-order valence-corrected chi connectivity index (χ3v) is 5.88. The Hall–Kier alpha value is -3.93. The van der Waals surface area contributed by atoms with E-state index in [9.17, 15) is 22.8 Å². The van der Waals surface area contributed by atoms with Crippen molar-refractivity contribution in [3.05, 3.63) is 75.0 Å². The van der Waals surface area contributed by atoms with Crippen molar-refractivity contribution in [2.45, 2.75) is 33.5 Å². The minimum absolute atomic E-state index is 0.0729. The fourth-order valence-electron chi connectivity index (χ4n) is 3.79. The van der Waals surface area contributed by atoms with Gasteiger partial charge in [-0.25, -0.2) is 14.3 Å². The first-order chi connectivity index (χ1) is 16.9. The number of aryl methyl sites for hydroxylation is 2. The average Bonchev–Trinajstić information content (AvgIpc) is 3.28. The van der Waals surface area contributed by atoms with Gasteiger partial charge in [0, 0.05) is 5.69 Å². The van der Waals surface area contributed by atoms with E-state index < -0.39 is 29.4 Å². The summed E-state index contributed by atoms with van der Waals surface area (Å²) in [6.07, 6.45) is -4.73. The van der Waals surface area contributed by atoms with E-state index in [1.165, 1.54) is 14.0 Å². The zero-order valence-electron chi connectivity index (χ0n) is 19.6. The Morgan fingerprint density at radius 1 is 1.14 bits per heavy atom. The van der Waals surface area contributed by atoms with Crippen LogP contribution in [0.5, 0.6) is 0 Å². The van der Waals surface area contributed by atoms with Crippen LogP contribution in [0.3, 0.4) is 0 Å². The molecular weight excluding hydrogens is 501 g/mol. The number of esters is 1. The number of nitrogens with one attached hydrogen (secondary N) is 1. The summed E-state index contributed by atoms with van der Waals surface area (Å²) in [4.78, 5) is 29.1. The van der Waals surface area contributed by atoms with Crippen molar-refractivity contribution in [1.29, 1.82) is 0 Å². The van der Waals surface area contributed by atoms with Crippen LogP contribution in [0.4, 0.5) is 18.9 Å². The van der Waals surface area contributed by atoms with Crippen LogP contribution < -0.4 is 5.32 Å². The van der Waals surface area contributed by atoms with Crippen molar-refractivity contribution >= 4 is 34.8 Å². The largest absolute Gasteiger partial charge is 0.465 e. The molecule has 0 aliphatic heterocycles. The minimum Gasteiger partial charge on any atom is -0.465 e. The number of carbonyl (C=O) groups excluding carboxylic acids is 2. The van der Waals surface area contributed by atoms with Crippen molar-refractivity contribution < 1.29 is 27.5 Å². The van der Waals surface area contributed by atoms with E-state index >= 15 is 0 Å². The van der Waals surface area contributed by atoms with E-state index in [4.69, 9.17) is 16.3 Å². The molecule has 0 bridgehead atoms. The average molecular weight is 521 g/mol. The first-order valence-corrected chi connectivity index (χ1v) is 10.9. The number of carbonyl (C=O) groups is 2. The zero-order valence-corrected chi connectivity index (χ0v) is 20.3. The Morgan fingerprint density at radius 3 is 2.50 bits per heavy atom. The number of hydrogen-bond donors (Lipinski definition) is 1. The molecule has 188 valence electrons. The van der Waals surface area contributed by atoms with Crippen LogP contribution in [0.2, 0.25) is 5.02 Å². The van der Waals surface area contributed by atoms with Crippen LogP contribution in [0, 0.1) is 20.8 Å². The topological polar surface area (TPSA) is 103 Å². The van der Waals surface area contributed by atoms with Gasteiger partial charge in [-0.1, -0.05) is 29.8 Å². The number of halogens is 4. The van der Waals surface area contributed by atoms with Gasteiger partial charge >= 0.3 is 12.1 Å². The SMILES string of the molecule is COC(=O)c1ccccc1Cn1nc(C)c(NC(=O)c2nn3c(C(F)(F)F)cc(C)nc3c2Cl)c1C. The number of aromatic nitrogens is 5. The van der Waals surface area contributed by atoms with E-state index in [0.29, 0.717) is 32.7 Å². The van der Waals surface area contributed by atoms with Gasteiger partial charge in [0.2, 0.25) is 0 Å². The Kier molecular flexibility index (Phi) is 6.48. The number of amides is 1. The van der Waals surface area contributed by atoms with Crippen LogP contribution in [0.25, 0.3) is 5.65 Å². The second kappa shape index (κ2) is 9.26. The summed E-state index contributed by atoms with van der Waals surface area (Å²) in [6.45, 7) is 4.95. The third-order valence-electron chi connectivity index (χ3n) is 5.53. The van der Waals surface area contributed by atoms with Gasteiger partial charge < -0.3 is 10.1 Å². The molecule has 1 amide bonds. The van der Waals surface area contributed by atoms with Gasteiger partial charge in [-0.2, -0.15) is 23.4 Å². The second-order valence-electron chi connectivity index (χ2n) is 7.98. The first-order valence-electron chi connectivity index (χ1n) is 10.6. The molecule has 3 heterocycles. The van der Waals surface area contributed by atoms with Crippen molar-refractivity contribution in [3.8, 4) is 0 Å². The predicted molar refractivity (Wildman–Crippen MR) is 124 cm³/mol. The number of rotatable bonds is 5. The lowest BCUT2D eigenvalue weighted by Crippen LogP contribution is -2.16. The minimum atomic E-state index is -4.73. The van der Waals surface area contributed by atoms with Gasteiger partial charge in [0.1, 0.15) is 10.7 Å². The Labute approximate surface area is 207 Å². The summed E-state index contributed by atoms with van der Waals surface area (Å²) in [7, 11) is 1.29. The summed E-state index contributed by atoms with van der Waals surface area (Å²) in [5, 5.41) is 10.6. The number of hydrogen-bond acceptors (Lipinski definition) is 6. The molecule has 4 aromatic rings. The molecule has 1 N–H and O–H groups in total. The molecule has 13 heteroatoms. The van der Waals surface area contributed by atoms with Gasteiger partial charge in [0.05, 0.1) is 36.3 Å². The van der Waals surface area contributed by atoms with Crippen LogP contribution in [-0.4, -0.2) is 43.4 Å². The predicted octanol–water partition coefficient (Wildman–Crippen LogP) is 4.61. The van der Waals surface area contributed by atoms with E-state index in [0.717, 1.165) is 6.07 Å². The quantitative estimate of drug-likeness (QED) is 0.385. The van der Waals surface area contributed by atoms with Gasteiger partial charge in [-0.15, -0.1) is 0 Å². The normalized spacial score (nSPS) is 11.7.